The van der Waals surface area contributed by atoms with E-state index in [1.165, 1.54) is 12.0 Å². The van der Waals surface area contributed by atoms with Crippen LogP contribution in [-0.2, 0) is 0 Å². The lowest BCUT2D eigenvalue weighted by molar-refractivity contribution is 0.0805. The van der Waals surface area contributed by atoms with Crippen molar-refractivity contribution in [2.75, 3.05) is 6.61 Å². The van der Waals surface area contributed by atoms with Crippen LogP contribution in [0.4, 0.5) is 0 Å². The van der Waals surface area contributed by atoms with Crippen LogP contribution < -0.4 is 10.1 Å². The van der Waals surface area contributed by atoms with Crippen LogP contribution in [0.3, 0.4) is 0 Å². The molecule has 4 heteroatoms. The first-order valence-electron chi connectivity index (χ1n) is 7.10. The first-order valence-corrected chi connectivity index (χ1v) is 7.90. The lowest BCUT2D eigenvalue weighted by Gasteiger charge is -2.35. The van der Waals surface area contributed by atoms with Gasteiger partial charge in [-0.25, -0.2) is 0 Å². The van der Waals surface area contributed by atoms with Gasteiger partial charge in [-0.1, -0.05) is 28.8 Å². The van der Waals surface area contributed by atoms with Crippen molar-refractivity contribution in [3.8, 4) is 5.75 Å². The van der Waals surface area contributed by atoms with Gasteiger partial charge in [0, 0.05) is 28.5 Å². The molecule has 19 heavy (non-hydrogen) atoms. The third-order valence-electron chi connectivity index (χ3n) is 4.16. The molecule has 1 aromatic carbocycles. The third kappa shape index (κ3) is 2.96. The Kier molecular flexibility index (Phi) is 4.10. The van der Waals surface area contributed by atoms with Crippen molar-refractivity contribution >= 4 is 15.9 Å². The molecule has 3 nitrogen and oxygen atoms in total. The predicted octanol–water partition coefficient (Wildman–Crippen LogP) is 3.17. The number of ether oxygens (including phenoxy) is 1. The minimum absolute atomic E-state index is 0.202. The summed E-state index contributed by atoms with van der Waals surface area (Å²) in [7, 11) is 0. The molecule has 1 heterocycles. The van der Waals surface area contributed by atoms with E-state index in [2.05, 4.69) is 27.3 Å². The van der Waals surface area contributed by atoms with Crippen molar-refractivity contribution in [1.82, 2.24) is 5.32 Å². The summed E-state index contributed by atoms with van der Waals surface area (Å²) in [5.41, 5.74) is 1.21. The molecule has 3 rings (SSSR count). The van der Waals surface area contributed by atoms with E-state index in [4.69, 9.17) is 4.74 Å². The molecule has 0 aromatic heterocycles. The summed E-state index contributed by atoms with van der Waals surface area (Å²) < 4.78 is 6.78. The summed E-state index contributed by atoms with van der Waals surface area (Å²) >= 11 is 3.52. The molecule has 0 radical (unpaired) electrons. The Morgan fingerprint density at radius 2 is 2.05 bits per heavy atom. The van der Waals surface area contributed by atoms with Crippen LogP contribution in [0.5, 0.6) is 5.75 Å². The largest absolute Gasteiger partial charge is 0.493 e. The summed E-state index contributed by atoms with van der Waals surface area (Å²) in [6.07, 6.45) is 5.12. The Morgan fingerprint density at radius 1 is 1.21 bits per heavy atom. The third-order valence-corrected chi connectivity index (χ3v) is 4.65. The Labute approximate surface area is 122 Å². The fourth-order valence-corrected chi connectivity index (χ4v) is 3.48. The van der Waals surface area contributed by atoms with Gasteiger partial charge in [0.25, 0.3) is 0 Å². The number of aliphatic hydroxyl groups excluding tert-OH is 1. The molecule has 2 aliphatic rings. The fourth-order valence-electron chi connectivity index (χ4n) is 3.10. The number of hydrogen-bond donors (Lipinski definition) is 2. The molecule has 0 spiro atoms. The molecule has 1 saturated carbocycles. The molecule has 1 aliphatic heterocycles. The van der Waals surface area contributed by atoms with Gasteiger partial charge in [0.1, 0.15) is 5.75 Å². The van der Waals surface area contributed by atoms with Crippen molar-refractivity contribution in [2.45, 2.75) is 50.3 Å². The Bertz CT molecular complexity index is 452. The molecule has 3 unspecified atom stereocenters. The van der Waals surface area contributed by atoms with Crippen LogP contribution in [0.1, 0.15) is 43.7 Å². The summed E-state index contributed by atoms with van der Waals surface area (Å²) in [4.78, 5) is 0. The number of aliphatic hydroxyl groups is 1. The van der Waals surface area contributed by atoms with Crippen molar-refractivity contribution < 1.29 is 9.84 Å². The summed E-state index contributed by atoms with van der Waals surface area (Å²) in [6, 6.07) is 6.67. The second-order valence-corrected chi connectivity index (χ2v) is 6.41. The van der Waals surface area contributed by atoms with Gasteiger partial charge in [0.05, 0.1) is 12.7 Å². The number of rotatable bonds is 2. The second-order valence-electron chi connectivity index (χ2n) is 5.50. The molecule has 3 atom stereocenters. The van der Waals surface area contributed by atoms with E-state index in [0.717, 1.165) is 42.5 Å². The monoisotopic (exact) mass is 325 g/mol. The Balaban J connectivity index is 1.77. The van der Waals surface area contributed by atoms with Crippen molar-refractivity contribution in [1.29, 1.82) is 0 Å². The highest BCUT2D eigenvalue weighted by molar-refractivity contribution is 9.10. The van der Waals surface area contributed by atoms with Gasteiger partial charge in [-0.15, -0.1) is 0 Å². The SMILES string of the molecule is OC1CCCCC1NC1CCOc2ccc(Br)cc21. The van der Waals surface area contributed by atoms with Gasteiger partial charge in [-0.2, -0.15) is 0 Å². The van der Waals surface area contributed by atoms with Crippen LogP contribution in [0, 0.1) is 0 Å². The van der Waals surface area contributed by atoms with E-state index in [9.17, 15) is 5.11 Å². The van der Waals surface area contributed by atoms with Crippen LogP contribution in [0.25, 0.3) is 0 Å². The molecule has 2 N–H and O–H groups in total. The zero-order valence-electron chi connectivity index (χ0n) is 10.9. The van der Waals surface area contributed by atoms with Gasteiger partial charge in [-0.3, -0.25) is 0 Å². The van der Waals surface area contributed by atoms with Gasteiger partial charge in [0.2, 0.25) is 0 Å². The average Bonchev–Trinajstić information content (AvgIpc) is 2.42. The molecule has 104 valence electrons. The molecular formula is C15H20BrNO2. The standard InChI is InChI=1S/C15H20BrNO2/c16-10-5-6-15-11(9-10)12(7-8-19-15)17-13-3-1-2-4-14(13)18/h5-6,9,12-14,17-18H,1-4,7-8H2. The molecule has 1 fully saturated rings. The lowest BCUT2D eigenvalue weighted by Crippen LogP contribution is -2.44. The number of hydrogen-bond acceptors (Lipinski definition) is 3. The second kappa shape index (κ2) is 5.81. The van der Waals surface area contributed by atoms with Gasteiger partial charge in [-0.05, 0) is 31.0 Å². The lowest BCUT2D eigenvalue weighted by atomic mass is 9.90. The van der Waals surface area contributed by atoms with E-state index in [0.29, 0.717) is 6.04 Å². The minimum atomic E-state index is -0.202. The Morgan fingerprint density at radius 3 is 2.89 bits per heavy atom. The highest BCUT2D eigenvalue weighted by Gasteiger charge is 2.28. The van der Waals surface area contributed by atoms with E-state index < -0.39 is 0 Å². The molecule has 1 aliphatic carbocycles. The zero-order valence-corrected chi connectivity index (χ0v) is 12.5. The maximum absolute atomic E-state index is 10.1. The van der Waals surface area contributed by atoms with Crippen LogP contribution in [0.2, 0.25) is 0 Å². The molecule has 0 amide bonds. The van der Waals surface area contributed by atoms with Gasteiger partial charge >= 0.3 is 0 Å². The first kappa shape index (κ1) is 13.4. The van der Waals surface area contributed by atoms with E-state index in [1.54, 1.807) is 0 Å². The average molecular weight is 326 g/mol. The predicted molar refractivity (Wildman–Crippen MR) is 78.4 cm³/mol. The van der Waals surface area contributed by atoms with Crippen LogP contribution >= 0.6 is 15.9 Å². The van der Waals surface area contributed by atoms with Crippen molar-refractivity contribution in [2.24, 2.45) is 0 Å². The van der Waals surface area contributed by atoms with E-state index in [1.807, 2.05) is 12.1 Å². The number of fused-ring (bicyclic) bond motifs is 1. The topological polar surface area (TPSA) is 41.5 Å². The van der Waals surface area contributed by atoms with Gasteiger partial charge < -0.3 is 15.2 Å². The van der Waals surface area contributed by atoms with Crippen molar-refractivity contribution in [3.05, 3.63) is 28.2 Å². The zero-order chi connectivity index (χ0) is 13.2. The molecular weight excluding hydrogens is 306 g/mol. The van der Waals surface area contributed by atoms with Crippen LogP contribution in [-0.4, -0.2) is 23.9 Å². The summed E-state index contributed by atoms with van der Waals surface area (Å²) in [5.74, 6) is 0.970. The molecule has 0 saturated heterocycles. The smallest absolute Gasteiger partial charge is 0.124 e. The fraction of sp³-hybridized carbons (Fsp3) is 0.600. The van der Waals surface area contributed by atoms with Crippen molar-refractivity contribution in [3.63, 3.8) is 0 Å². The highest BCUT2D eigenvalue weighted by atomic mass is 79.9. The highest BCUT2D eigenvalue weighted by Crippen LogP contribution is 2.35. The van der Waals surface area contributed by atoms with E-state index >= 15 is 0 Å². The Hall–Kier alpha value is -0.580. The normalized spacial score (nSPS) is 30.5. The molecule has 0 bridgehead atoms. The first-order chi connectivity index (χ1) is 9.24. The maximum atomic E-state index is 10.1. The quantitative estimate of drug-likeness (QED) is 0.877. The summed E-state index contributed by atoms with van der Waals surface area (Å²) in [6.45, 7) is 0.745. The van der Waals surface area contributed by atoms with E-state index in [-0.39, 0.29) is 12.1 Å². The summed E-state index contributed by atoms with van der Waals surface area (Å²) in [5, 5.41) is 13.7. The number of halogens is 1. The van der Waals surface area contributed by atoms with Crippen LogP contribution in [0.15, 0.2) is 22.7 Å². The molecule has 1 aromatic rings. The number of nitrogens with one attached hydrogen (secondary N) is 1. The van der Waals surface area contributed by atoms with Gasteiger partial charge in [0.15, 0.2) is 0 Å². The number of benzene rings is 1. The minimum Gasteiger partial charge on any atom is -0.493 e. The maximum Gasteiger partial charge on any atom is 0.124 e.